The minimum Gasteiger partial charge on any atom is -0.497 e. The maximum Gasteiger partial charge on any atom is 0.336 e. The zero-order valence-electron chi connectivity index (χ0n) is 17.5. The standard InChI is InChI=1S/C24H24FN3O3/c1-28(15-17-12-24(29)31-23-14-20(30-2)9-10-21(17)23)11-3-4-19-13-22(27-26-19)16-5-7-18(25)8-6-16/h5-10,12-14H,3-4,11,15H2,1-2H3,(H,26,27). The van der Waals surface area contributed by atoms with Gasteiger partial charge in [-0.2, -0.15) is 5.10 Å². The average Bonchev–Trinajstić information content (AvgIpc) is 3.22. The molecule has 0 unspecified atom stereocenters. The van der Waals surface area contributed by atoms with Crippen molar-refractivity contribution in [3.63, 3.8) is 0 Å². The highest BCUT2D eigenvalue weighted by molar-refractivity contribution is 5.81. The van der Waals surface area contributed by atoms with Crippen molar-refractivity contribution in [3.05, 3.63) is 82.1 Å². The Morgan fingerprint density at radius 2 is 1.94 bits per heavy atom. The molecule has 6 nitrogen and oxygen atoms in total. The molecule has 2 heterocycles. The maximum atomic E-state index is 13.1. The zero-order valence-corrected chi connectivity index (χ0v) is 17.5. The van der Waals surface area contributed by atoms with Crippen LogP contribution in [0.3, 0.4) is 0 Å². The lowest BCUT2D eigenvalue weighted by Gasteiger charge is -2.17. The highest BCUT2D eigenvalue weighted by Gasteiger charge is 2.10. The van der Waals surface area contributed by atoms with Gasteiger partial charge in [-0.25, -0.2) is 9.18 Å². The zero-order chi connectivity index (χ0) is 21.8. The van der Waals surface area contributed by atoms with Gasteiger partial charge in [-0.1, -0.05) is 0 Å². The molecule has 4 rings (SSSR count). The van der Waals surface area contributed by atoms with E-state index < -0.39 is 0 Å². The molecule has 0 spiro atoms. The van der Waals surface area contributed by atoms with Crippen LogP contribution in [0, 0.1) is 5.82 Å². The van der Waals surface area contributed by atoms with Crippen molar-refractivity contribution in [3.8, 4) is 17.0 Å². The van der Waals surface area contributed by atoms with Gasteiger partial charge in [-0.05, 0) is 74.5 Å². The number of benzene rings is 2. The van der Waals surface area contributed by atoms with E-state index in [-0.39, 0.29) is 11.4 Å². The second-order valence-electron chi connectivity index (χ2n) is 7.58. The molecule has 160 valence electrons. The third-order valence-corrected chi connectivity index (χ3v) is 5.23. The van der Waals surface area contributed by atoms with Crippen molar-refractivity contribution in [2.75, 3.05) is 20.7 Å². The van der Waals surface area contributed by atoms with Crippen LogP contribution >= 0.6 is 0 Å². The summed E-state index contributed by atoms with van der Waals surface area (Å²) in [6, 6.07) is 15.4. The van der Waals surface area contributed by atoms with Gasteiger partial charge in [-0.15, -0.1) is 0 Å². The van der Waals surface area contributed by atoms with Crippen LogP contribution in [0.1, 0.15) is 17.7 Å². The Kier molecular flexibility index (Phi) is 6.13. The van der Waals surface area contributed by atoms with E-state index in [1.807, 2.05) is 25.2 Å². The summed E-state index contributed by atoms with van der Waals surface area (Å²) in [7, 11) is 3.61. The van der Waals surface area contributed by atoms with Crippen LogP contribution in [0.4, 0.5) is 4.39 Å². The fourth-order valence-corrected chi connectivity index (χ4v) is 3.64. The van der Waals surface area contributed by atoms with E-state index in [0.29, 0.717) is 17.9 Å². The molecule has 0 amide bonds. The first-order valence-electron chi connectivity index (χ1n) is 10.1. The van der Waals surface area contributed by atoms with Gasteiger partial charge in [0.2, 0.25) is 0 Å². The van der Waals surface area contributed by atoms with Gasteiger partial charge < -0.3 is 14.1 Å². The van der Waals surface area contributed by atoms with Crippen molar-refractivity contribution in [2.45, 2.75) is 19.4 Å². The number of fused-ring (bicyclic) bond motifs is 1. The molecule has 31 heavy (non-hydrogen) atoms. The van der Waals surface area contributed by atoms with Crippen molar-refractivity contribution in [1.82, 2.24) is 15.1 Å². The lowest BCUT2D eigenvalue weighted by molar-refractivity contribution is 0.322. The summed E-state index contributed by atoms with van der Waals surface area (Å²) in [6.07, 6.45) is 1.77. The van der Waals surface area contributed by atoms with E-state index in [4.69, 9.17) is 9.15 Å². The van der Waals surface area contributed by atoms with Crippen LogP contribution in [-0.4, -0.2) is 35.8 Å². The van der Waals surface area contributed by atoms with Crippen LogP contribution < -0.4 is 10.4 Å². The van der Waals surface area contributed by atoms with Crippen molar-refractivity contribution in [1.29, 1.82) is 0 Å². The van der Waals surface area contributed by atoms with Crippen LogP contribution in [0.5, 0.6) is 5.75 Å². The molecule has 2 aromatic heterocycles. The minimum absolute atomic E-state index is 0.259. The summed E-state index contributed by atoms with van der Waals surface area (Å²) in [6.45, 7) is 1.49. The summed E-state index contributed by atoms with van der Waals surface area (Å²) < 4.78 is 23.6. The molecule has 1 N–H and O–H groups in total. The average molecular weight is 421 g/mol. The number of aryl methyl sites for hydroxylation is 1. The summed E-state index contributed by atoms with van der Waals surface area (Å²) in [5.41, 5.74) is 3.81. The van der Waals surface area contributed by atoms with Crippen LogP contribution in [0.2, 0.25) is 0 Å². The topological polar surface area (TPSA) is 71.4 Å². The number of ether oxygens (including phenoxy) is 1. The number of aromatic nitrogens is 2. The summed E-state index contributed by atoms with van der Waals surface area (Å²) >= 11 is 0. The molecule has 0 radical (unpaired) electrons. The Labute approximate surface area is 179 Å². The molecule has 0 aliphatic carbocycles. The summed E-state index contributed by atoms with van der Waals surface area (Å²) in [5.74, 6) is 0.395. The molecule has 0 saturated carbocycles. The van der Waals surface area contributed by atoms with Crippen molar-refractivity contribution in [2.24, 2.45) is 0 Å². The Bertz CT molecular complexity index is 1230. The lowest BCUT2D eigenvalue weighted by Crippen LogP contribution is -2.20. The lowest BCUT2D eigenvalue weighted by atomic mass is 10.1. The van der Waals surface area contributed by atoms with E-state index in [0.717, 1.165) is 47.3 Å². The molecule has 7 heteroatoms. The predicted molar refractivity (Wildman–Crippen MR) is 118 cm³/mol. The fourth-order valence-electron chi connectivity index (χ4n) is 3.64. The first kappa shape index (κ1) is 20.8. The van der Waals surface area contributed by atoms with Crippen LogP contribution in [0.25, 0.3) is 22.2 Å². The highest BCUT2D eigenvalue weighted by Crippen LogP contribution is 2.23. The number of hydrogen-bond donors (Lipinski definition) is 1. The largest absolute Gasteiger partial charge is 0.497 e. The third kappa shape index (κ3) is 5.00. The second kappa shape index (κ2) is 9.14. The van der Waals surface area contributed by atoms with E-state index >= 15 is 0 Å². The second-order valence-corrected chi connectivity index (χ2v) is 7.58. The molecule has 0 aliphatic rings. The maximum absolute atomic E-state index is 13.1. The van der Waals surface area contributed by atoms with E-state index in [9.17, 15) is 9.18 Å². The summed E-state index contributed by atoms with van der Waals surface area (Å²) in [5, 5.41) is 8.29. The Hall–Kier alpha value is -3.45. The summed E-state index contributed by atoms with van der Waals surface area (Å²) in [4.78, 5) is 14.1. The minimum atomic E-state index is -0.366. The quantitative estimate of drug-likeness (QED) is 0.427. The monoisotopic (exact) mass is 421 g/mol. The van der Waals surface area contributed by atoms with Crippen LogP contribution in [0.15, 0.2) is 63.8 Å². The van der Waals surface area contributed by atoms with Gasteiger partial charge in [0.25, 0.3) is 0 Å². The van der Waals surface area contributed by atoms with Gasteiger partial charge in [-0.3, -0.25) is 5.10 Å². The van der Waals surface area contributed by atoms with E-state index in [1.54, 1.807) is 31.4 Å². The predicted octanol–water partition coefficient (Wildman–Crippen LogP) is 4.40. The molecule has 0 saturated heterocycles. The van der Waals surface area contributed by atoms with Gasteiger partial charge in [0.1, 0.15) is 17.1 Å². The Morgan fingerprint density at radius 1 is 1.13 bits per heavy atom. The van der Waals surface area contributed by atoms with Gasteiger partial charge in [0.15, 0.2) is 0 Å². The molecular weight excluding hydrogens is 397 g/mol. The Morgan fingerprint density at radius 3 is 2.71 bits per heavy atom. The first-order chi connectivity index (χ1) is 15.0. The van der Waals surface area contributed by atoms with E-state index in [2.05, 4.69) is 15.1 Å². The molecule has 0 aliphatic heterocycles. The smallest absolute Gasteiger partial charge is 0.336 e. The van der Waals surface area contributed by atoms with Crippen LogP contribution in [-0.2, 0) is 13.0 Å². The number of aromatic amines is 1. The number of hydrogen-bond acceptors (Lipinski definition) is 5. The first-order valence-corrected chi connectivity index (χ1v) is 10.1. The van der Waals surface area contributed by atoms with E-state index in [1.165, 1.54) is 12.1 Å². The molecular formula is C24H24FN3O3. The number of methoxy groups -OCH3 is 1. The fraction of sp³-hybridized carbons (Fsp3) is 0.250. The SMILES string of the molecule is COc1ccc2c(CN(C)CCCc3cc(-c4ccc(F)cc4)n[nH]3)cc(=O)oc2c1. The Balaban J connectivity index is 1.36. The number of rotatable bonds is 8. The van der Waals surface area contributed by atoms with Gasteiger partial charge in [0, 0.05) is 35.3 Å². The van der Waals surface area contributed by atoms with Crippen molar-refractivity contribution < 1.29 is 13.5 Å². The molecule has 0 bridgehead atoms. The number of nitrogens with zero attached hydrogens (tertiary/aromatic N) is 2. The molecule has 0 fully saturated rings. The van der Waals surface area contributed by atoms with Gasteiger partial charge in [0.05, 0.1) is 12.8 Å². The molecule has 4 aromatic rings. The number of halogens is 1. The molecule has 0 atom stereocenters. The third-order valence-electron chi connectivity index (χ3n) is 5.23. The number of H-pyrrole nitrogens is 1. The van der Waals surface area contributed by atoms with Crippen molar-refractivity contribution >= 4 is 11.0 Å². The molecule has 2 aromatic carbocycles. The van der Waals surface area contributed by atoms with Gasteiger partial charge >= 0.3 is 5.63 Å². The normalized spacial score (nSPS) is 11.4. The number of nitrogens with one attached hydrogen (secondary N) is 1. The highest BCUT2D eigenvalue weighted by atomic mass is 19.1.